The predicted molar refractivity (Wildman–Crippen MR) is 119 cm³/mol. The Balaban J connectivity index is 0.00000320. The van der Waals surface area contributed by atoms with Crippen LogP contribution in [0.2, 0.25) is 5.02 Å². The van der Waals surface area contributed by atoms with Gasteiger partial charge in [-0.05, 0) is 54.8 Å². The average Bonchev–Trinajstić information content (AvgIpc) is 2.95. The van der Waals surface area contributed by atoms with Gasteiger partial charge in [0, 0.05) is 29.8 Å². The van der Waals surface area contributed by atoms with Crippen molar-refractivity contribution in [3.63, 3.8) is 0 Å². The van der Waals surface area contributed by atoms with Gasteiger partial charge in [-0.1, -0.05) is 23.7 Å². The summed E-state index contributed by atoms with van der Waals surface area (Å²) in [5, 5.41) is 24.2. The quantitative estimate of drug-likeness (QED) is 0.543. The summed E-state index contributed by atoms with van der Waals surface area (Å²) in [7, 11) is -3.26. The normalized spacial score (nSPS) is 23.7. The number of rotatable bonds is 8. The number of aliphatic hydroxyl groups excluding tert-OH is 2. The Kier molecular flexibility index (Phi) is 8.56. The molecular weight excluding hydrogens is 449 g/mol. The molecule has 0 heterocycles. The van der Waals surface area contributed by atoms with Crippen molar-refractivity contribution in [2.24, 2.45) is 5.41 Å². The van der Waals surface area contributed by atoms with Gasteiger partial charge in [-0.2, -0.15) is 0 Å². The molecule has 2 aromatic carbocycles. The number of ether oxygens (including phenoxy) is 1. The van der Waals surface area contributed by atoms with Crippen LogP contribution in [0.3, 0.4) is 0 Å². The molecule has 0 aromatic heterocycles. The van der Waals surface area contributed by atoms with Crippen molar-refractivity contribution in [1.29, 1.82) is 0 Å². The fraction of sp³-hybridized carbons (Fsp3) is 0.429. The molecule has 166 valence electrons. The molecule has 6 nitrogen and oxygen atoms in total. The molecule has 0 amide bonds. The van der Waals surface area contributed by atoms with Crippen molar-refractivity contribution >= 4 is 33.8 Å². The molecule has 1 unspecified atom stereocenters. The van der Waals surface area contributed by atoms with E-state index in [2.05, 4.69) is 5.32 Å². The van der Waals surface area contributed by atoms with Crippen molar-refractivity contribution in [2.75, 3.05) is 19.4 Å². The Morgan fingerprint density at radius 1 is 1.07 bits per heavy atom. The summed E-state index contributed by atoms with van der Waals surface area (Å²) >= 11 is 5.91. The van der Waals surface area contributed by atoms with Gasteiger partial charge in [0.25, 0.3) is 0 Å². The van der Waals surface area contributed by atoms with Gasteiger partial charge in [-0.15, -0.1) is 12.4 Å². The molecule has 1 fully saturated rings. The molecule has 3 rings (SSSR count). The Morgan fingerprint density at radius 3 is 2.17 bits per heavy atom. The van der Waals surface area contributed by atoms with Crippen molar-refractivity contribution in [1.82, 2.24) is 5.32 Å². The van der Waals surface area contributed by atoms with Crippen LogP contribution in [0.15, 0.2) is 53.4 Å². The Hall–Kier alpha value is -1.35. The zero-order chi connectivity index (χ0) is 21.1. The van der Waals surface area contributed by atoms with Crippen molar-refractivity contribution in [2.45, 2.75) is 36.5 Å². The summed E-state index contributed by atoms with van der Waals surface area (Å²) < 4.78 is 29.1. The van der Waals surface area contributed by atoms with Crippen molar-refractivity contribution in [3.8, 4) is 5.75 Å². The molecule has 1 saturated carbocycles. The van der Waals surface area contributed by atoms with E-state index in [1.807, 2.05) is 24.3 Å². The van der Waals surface area contributed by atoms with E-state index in [0.29, 0.717) is 43.3 Å². The lowest BCUT2D eigenvalue weighted by Crippen LogP contribution is -2.37. The van der Waals surface area contributed by atoms with Crippen LogP contribution in [-0.4, -0.2) is 50.2 Å². The summed E-state index contributed by atoms with van der Waals surface area (Å²) in [6.07, 6.45) is 0.421. The lowest BCUT2D eigenvalue weighted by Gasteiger charge is -2.29. The Morgan fingerprint density at radius 2 is 1.63 bits per heavy atom. The number of sulfone groups is 1. The molecule has 9 heteroatoms. The lowest BCUT2D eigenvalue weighted by atomic mass is 9.86. The van der Waals surface area contributed by atoms with Crippen LogP contribution in [0, 0.1) is 5.41 Å². The highest BCUT2D eigenvalue weighted by Crippen LogP contribution is 2.39. The highest BCUT2D eigenvalue weighted by Gasteiger charge is 2.44. The first-order valence-electron chi connectivity index (χ1n) is 9.41. The van der Waals surface area contributed by atoms with Gasteiger partial charge in [0.15, 0.2) is 9.84 Å². The minimum Gasteiger partial charge on any atom is -0.493 e. The molecule has 0 bridgehead atoms. The Bertz CT molecular complexity index is 909. The van der Waals surface area contributed by atoms with Gasteiger partial charge in [0.2, 0.25) is 0 Å². The van der Waals surface area contributed by atoms with Crippen molar-refractivity contribution < 1.29 is 23.4 Å². The SMILES string of the molecule is CS(=O)(=O)c1ccc(OCC2(CNCc3ccc(Cl)cc3)C[C@@H](O)[C@@H](O)C2)cc1.Cl. The molecular formula is C21H27Cl2NO5S. The van der Waals surface area contributed by atoms with Gasteiger partial charge in [0.05, 0.1) is 23.7 Å². The van der Waals surface area contributed by atoms with E-state index in [-0.39, 0.29) is 17.3 Å². The summed E-state index contributed by atoms with van der Waals surface area (Å²) in [6.45, 7) is 1.49. The summed E-state index contributed by atoms with van der Waals surface area (Å²) in [5.74, 6) is 0.547. The second kappa shape index (κ2) is 10.3. The summed E-state index contributed by atoms with van der Waals surface area (Å²) in [4.78, 5) is 0.232. The van der Waals surface area contributed by atoms with Gasteiger partial charge in [0.1, 0.15) is 5.75 Å². The number of benzene rings is 2. The molecule has 0 aliphatic heterocycles. The third-order valence-electron chi connectivity index (χ3n) is 5.27. The first-order chi connectivity index (χ1) is 13.7. The fourth-order valence-corrected chi connectivity index (χ4v) is 4.41. The van der Waals surface area contributed by atoms with Crippen LogP contribution in [0.1, 0.15) is 18.4 Å². The first-order valence-corrected chi connectivity index (χ1v) is 11.7. The summed E-state index contributed by atoms with van der Waals surface area (Å²) in [6, 6.07) is 13.8. The van der Waals surface area contributed by atoms with E-state index >= 15 is 0 Å². The minimum absolute atomic E-state index is 0. The molecule has 3 N–H and O–H groups in total. The number of hydrogen-bond donors (Lipinski definition) is 3. The Labute approximate surface area is 188 Å². The number of hydrogen-bond acceptors (Lipinski definition) is 6. The van der Waals surface area contributed by atoms with E-state index in [0.717, 1.165) is 11.8 Å². The molecule has 1 aliphatic rings. The third-order valence-corrected chi connectivity index (χ3v) is 6.65. The number of aliphatic hydroxyl groups is 2. The van der Waals surface area contributed by atoms with E-state index in [9.17, 15) is 18.6 Å². The smallest absolute Gasteiger partial charge is 0.175 e. The van der Waals surface area contributed by atoms with Crippen LogP contribution < -0.4 is 10.1 Å². The molecule has 0 saturated heterocycles. The molecule has 30 heavy (non-hydrogen) atoms. The van der Waals surface area contributed by atoms with Crippen molar-refractivity contribution in [3.05, 3.63) is 59.1 Å². The first kappa shape index (κ1) is 24.9. The number of nitrogens with one attached hydrogen (secondary N) is 1. The van der Waals surface area contributed by atoms with E-state index in [1.165, 1.54) is 12.1 Å². The standard InChI is InChI=1S/C21H26ClNO5S.ClH/c1-29(26,27)18-8-6-17(7-9-18)28-14-21(10-19(24)20(25)11-21)13-23-12-15-2-4-16(22)5-3-15;/h2-9,19-20,23-25H,10-14H2,1H3;1H/t19-,20+,21?;. The second-order valence-corrected chi connectivity index (χ2v) is 10.3. The average molecular weight is 476 g/mol. The van der Waals surface area contributed by atoms with E-state index in [1.54, 1.807) is 12.1 Å². The lowest BCUT2D eigenvalue weighted by molar-refractivity contribution is 0.0438. The topological polar surface area (TPSA) is 95.9 Å². The molecule has 2 aromatic rings. The van der Waals surface area contributed by atoms with Crippen LogP contribution in [0.4, 0.5) is 0 Å². The van der Waals surface area contributed by atoms with Crippen LogP contribution in [-0.2, 0) is 16.4 Å². The van der Waals surface area contributed by atoms with Gasteiger partial charge in [-0.3, -0.25) is 0 Å². The van der Waals surface area contributed by atoms with Gasteiger partial charge < -0.3 is 20.3 Å². The van der Waals surface area contributed by atoms with Gasteiger partial charge in [-0.25, -0.2) is 8.42 Å². The van der Waals surface area contributed by atoms with Gasteiger partial charge >= 0.3 is 0 Å². The molecule has 1 aliphatic carbocycles. The maximum atomic E-state index is 11.6. The molecule has 0 spiro atoms. The molecule has 0 radical (unpaired) electrons. The zero-order valence-electron chi connectivity index (χ0n) is 16.6. The highest BCUT2D eigenvalue weighted by atomic mass is 35.5. The monoisotopic (exact) mass is 475 g/mol. The minimum atomic E-state index is -3.26. The zero-order valence-corrected chi connectivity index (χ0v) is 19.0. The molecule has 3 atom stereocenters. The maximum absolute atomic E-state index is 11.6. The van der Waals surface area contributed by atoms with Crippen LogP contribution in [0.5, 0.6) is 5.75 Å². The maximum Gasteiger partial charge on any atom is 0.175 e. The predicted octanol–water partition coefficient (Wildman–Crippen LogP) is 2.84. The van der Waals surface area contributed by atoms with Crippen LogP contribution >= 0.6 is 24.0 Å². The number of halogens is 2. The summed E-state index contributed by atoms with van der Waals surface area (Å²) in [5.41, 5.74) is 0.654. The second-order valence-electron chi connectivity index (χ2n) is 7.81. The van der Waals surface area contributed by atoms with E-state index in [4.69, 9.17) is 16.3 Å². The van der Waals surface area contributed by atoms with E-state index < -0.39 is 27.5 Å². The fourth-order valence-electron chi connectivity index (χ4n) is 3.65. The largest absolute Gasteiger partial charge is 0.493 e. The highest BCUT2D eigenvalue weighted by molar-refractivity contribution is 7.90. The van der Waals surface area contributed by atoms with Crippen LogP contribution in [0.25, 0.3) is 0 Å². The third kappa shape index (κ3) is 6.57.